The Kier molecular flexibility index (Phi) is 4.00. The maximum absolute atomic E-state index is 4.66. The van der Waals surface area contributed by atoms with Crippen LogP contribution in [-0.4, -0.2) is 22.9 Å². The lowest BCUT2D eigenvalue weighted by Gasteiger charge is -2.27. The first-order valence-electron chi connectivity index (χ1n) is 6.72. The van der Waals surface area contributed by atoms with E-state index in [0.29, 0.717) is 6.04 Å². The van der Waals surface area contributed by atoms with Crippen LogP contribution >= 0.6 is 15.9 Å². The quantitative estimate of drug-likeness (QED) is 0.768. The minimum atomic E-state index is 0.179. The topological polar surface area (TPSA) is 16.1 Å². The first-order chi connectivity index (χ1) is 8.43. The summed E-state index contributed by atoms with van der Waals surface area (Å²) in [7, 11) is 0. The molecule has 1 aliphatic rings. The van der Waals surface area contributed by atoms with E-state index in [1.807, 2.05) is 6.20 Å². The molecule has 100 valence electrons. The molecule has 0 aromatic carbocycles. The summed E-state index contributed by atoms with van der Waals surface area (Å²) in [6.45, 7) is 10.1. The zero-order valence-corrected chi connectivity index (χ0v) is 13.4. The second-order valence-corrected chi connectivity index (χ2v) is 6.98. The van der Waals surface area contributed by atoms with Gasteiger partial charge in [-0.3, -0.25) is 0 Å². The van der Waals surface area contributed by atoms with E-state index in [2.05, 4.69) is 65.6 Å². The molecule has 2 unspecified atom stereocenters. The lowest BCUT2D eigenvalue weighted by molar-refractivity contribution is 0.552. The van der Waals surface area contributed by atoms with E-state index < -0.39 is 0 Å². The monoisotopic (exact) mass is 310 g/mol. The molecule has 1 aromatic heterocycles. The molecule has 3 heteroatoms. The summed E-state index contributed by atoms with van der Waals surface area (Å²) in [6, 6.07) is 4.98. The number of hydrogen-bond donors (Lipinski definition) is 0. The third-order valence-corrected chi connectivity index (χ3v) is 4.61. The van der Waals surface area contributed by atoms with Crippen LogP contribution in [0.5, 0.6) is 0 Å². The van der Waals surface area contributed by atoms with E-state index >= 15 is 0 Å². The maximum atomic E-state index is 4.66. The van der Waals surface area contributed by atoms with Crippen molar-refractivity contribution in [3.8, 4) is 0 Å². The Labute approximate surface area is 119 Å². The molecular formula is C15H23BrN2. The number of nitrogens with zero attached hydrogens (tertiary/aromatic N) is 2. The van der Waals surface area contributed by atoms with Gasteiger partial charge in [-0.25, -0.2) is 4.98 Å². The second-order valence-electron chi connectivity index (χ2n) is 6.34. The van der Waals surface area contributed by atoms with Gasteiger partial charge in [0.05, 0.1) is 0 Å². The molecule has 0 aliphatic carbocycles. The number of halogens is 1. The predicted molar refractivity (Wildman–Crippen MR) is 81.6 cm³/mol. The minimum absolute atomic E-state index is 0.179. The average Bonchev–Trinajstić information content (AvgIpc) is 2.69. The van der Waals surface area contributed by atoms with E-state index in [4.69, 9.17) is 0 Å². The van der Waals surface area contributed by atoms with Crippen LogP contribution in [-0.2, 0) is 5.41 Å². The maximum Gasteiger partial charge on any atom is 0.128 e. The zero-order chi connectivity index (χ0) is 13.3. The van der Waals surface area contributed by atoms with Gasteiger partial charge in [0.15, 0.2) is 0 Å². The van der Waals surface area contributed by atoms with Crippen molar-refractivity contribution in [2.24, 2.45) is 5.92 Å². The molecule has 1 aliphatic heterocycles. The van der Waals surface area contributed by atoms with Gasteiger partial charge in [0.2, 0.25) is 0 Å². The van der Waals surface area contributed by atoms with Crippen LogP contribution in [0.3, 0.4) is 0 Å². The molecule has 0 bridgehead atoms. The standard InChI is InChI=1S/C15H23BrN2/c1-11-7-8-18(13(11)9-16)14-6-5-12(10-17-14)15(2,3)4/h5-6,10-11,13H,7-9H2,1-4H3. The Bertz CT molecular complexity index is 394. The molecule has 0 radical (unpaired) electrons. The van der Waals surface area contributed by atoms with Crippen molar-refractivity contribution >= 4 is 21.7 Å². The van der Waals surface area contributed by atoms with Gasteiger partial charge in [-0.1, -0.05) is 49.7 Å². The fourth-order valence-corrected chi connectivity index (χ4v) is 3.52. The molecule has 2 heterocycles. The lowest BCUT2D eigenvalue weighted by Crippen LogP contribution is -2.34. The third kappa shape index (κ3) is 2.71. The number of rotatable bonds is 2. The predicted octanol–water partition coefficient (Wildman–Crippen LogP) is 3.99. The van der Waals surface area contributed by atoms with Crippen LogP contribution in [0.25, 0.3) is 0 Å². The summed E-state index contributed by atoms with van der Waals surface area (Å²) in [5.41, 5.74) is 1.48. The van der Waals surface area contributed by atoms with Gasteiger partial charge in [0, 0.05) is 24.1 Å². The van der Waals surface area contributed by atoms with Gasteiger partial charge in [-0.15, -0.1) is 0 Å². The number of alkyl halides is 1. The highest BCUT2D eigenvalue weighted by Crippen LogP contribution is 2.30. The largest absolute Gasteiger partial charge is 0.353 e. The van der Waals surface area contributed by atoms with Crippen molar-refractivity contribution < 1.29 is 0 Å². The normalized spacial score (nSPS) is 24.6. The van der Waals surface area contributed by atoms with Crippen molar-refractivity contribution in [2.75, 3.05) is 16.8 Å². The van der Waals surface area contributed by atoms with Crippen molar-refractivity contribution in [2.45, 2.75) is 45.6 Å². The van der Waals surface area contributed by atoms with Crippen molar-refractivity contribution in [1.29, 1.82) is 0 Å². The molecule has 0 spiro atoms. The molecule has 18 heavy (non-hydrogen) atoms. The minimum Gasteiger partial charge on any atom is -0.353 e. The Morgan fingerprint density at radius 3 is 2.61 bits per heavy atom. The smallest absolute Gasteiger partial charge is 0.128 e. The third-order valence-electron chi connectivity index (χ3n) is 3.95. The number of aromatic nitrogens is 1. The molecule has 2 nitrogen and oxygen atoms in total. The molecule has 0 amide bonds. The van der Waals surface area contributed by atoms with Gasteiger partial charge < -0.3 is 4.90 Å². The molecule has 1 fully saturated rings. The number of anilines is 1. The van der Waals surface area contributed by atoms with Gasteiger partial charge in [-0.05, 0) is 29.4 Å². The van der Waals surface area contributed by atoms with E-state index in [0.717, 1.165) is 23.6 Å². The van der Waals surface area contributed by atoms with Gasteiger partial charge in [0.25, 0.3) is 0 Å². The van der Waals surface area contributed by atoms with Crippen LogP contribution in [0.2, 0.25) is 0 Å². The average molecular weight is 311 g/mol. The van der Waals surface area contributed by atoms with E-state index in [1.54, 1.807) is 0 Å². The van der Waals surface area contributed by atoms with Crippen molar-refractivity contribution in [3.05, 3.63) is 23.9 Å². The van der Waals surface area contributed by atoms with Crippen LogP contribution in [0, 0.1) is 5.92 Å². The highest BCUT2D eigenvalue weighted by molar-refractivity contribution is 9.09. The first-order valence-corrected chi connectivity index (χ1v) is 7.85. The van der Waals surface area contributed by atoms with Crippen molar-refractivity contribution in [1.82, 2.24) is 4.98 Å². The summed E-state index contributed by atoms with van der Waals surface area (Å²) in [5.74, 6) is 1.87. The Balaban J connectivity index is 2.20. The van der Waals surface area contributed by atoms with E-state index in [1.165, 1.54) is 12.0 Å². The summed E-state index contributed by atoms with van der Waals surface area (Å²) in [6.07, 6.45) is 3.29. The number of pyridine rings is 1. The van der Waals surface area contributed by atoms with Crippen LogP contribution < -0.4 is 4.90 Å². The van der Waals surface area contributed by atoms with E-state index in [-0.39, 0.29) is 5.41 Å². The summed E-state index contributed by atoms with van der Waals surface area (Å²) >= 11 is 3.63. The molecule has 0 N–H and O–H groups in total. The summed E-state index contributed by atoms with van der Waals surface area (Å²) in [5, 5.41) is 1.02. The summed E-state index contributed by atoms with van der Waals surface area (Å²) in [4.78, 5) is 7.10. The van der Waals surface area contributed by atoms with Crippen LogP contribution in [0.1, 0.15) is 39.7 Å². The lowest BCUT2D eigenvalue weighted by atomic mass is 9.88. The Hall–Kier alpha value is -0.570. The molecule has 0 saturated carbocycles. The van der Waals surface area contributed by atoms with Crippen LogP contribution in [0.15, 0.2) is 18.3 Å². The van der Waals surface area contributed by atoms with E-state index in [9.17, 15) is 0 Å². The van der Waals surface area contributed by atoms with Crippen molar-refractivity contribution in [3.63, 3.8) is 0 Å². The van der Waals surface area contributed by atoms with Gasteiger partial charge in [-0.2, -0.15) is 0 Å². The highest BCUT2D eigenvalue weighted by Gasteiger charge is 2.31. The highest BCUT2D eigenvalue weighted by atomic mass is 79.9. The summed E-state index contributed by atoms with van der Waals surface area (Å²) < 4.78 is 0. The fraction of sp³-hybridized carbons (Fsp3) is 0.667. The SMILES string of the molecule is CC1CCN(c2ccc(C(C)(C)C)cn2)C1CBr. The van der Waals surface area contributed by atoms with Gasteiger partial charge in [0.1, 0.15) is 5.82 Å². The Morgan fingerprint density at radius 1 is 1.39 bits per heavy atom. The van der Waals surface area contributed by atoms with Crippen LogP contribution in [0.4, 0.5) is 5.82 Å². The fourth-order valence-electron chi connectivity index (χ4n) is 2.53. The zero-order valence-electron chi connectivity index (χ0n) is 11.8. The molecular weight excluding hydrogens is 288 g/mol. The molecule has 2 rings (SSSR count). The molecule has 1 aromatic rings. The molecule has 2 atom stereocenters. The number of hydrogen-bond acceptors (Lipinski definition) is 2. The Morgan fingerprint density at radius 2 is 2.11 bits per heavy atom. The van der Waals surface area contributed by atoms with Gasteiger partial charge >= 0.3 is 0 Å². The second kappa shape index (κ2) is 5.20. The first kappa shape index (κ1) is 13.9. The molecule has 1 saturated heterocycles.